The Morgan fingerprint density at radius 3 is 3.22 bits per heavy atom. The molecule has 0 aliphatic carbocycles. The van der Waals surface area contributed by atoms with Crippen LogP contribution in [-0.2, 0) is 0 Å². The molecule has 1 aromatic rings. The van der Waals surface area contributed by atoms with Crippen molar-refractivity contribution in [2.45, 2.75) is 0 Å². The zero-order valence-corrected chi connectivity index (χ0v) is 6.24. The normalized spacial score (nSPS) is 9.44. The lowest BCUT2D eigenvalue weighted by molar-refractivity contribution is 1.19. The number of rotatable bonds is 3. The van der Waals surface area contributed by atoms with Gasteiger partial charge in [-0.25, -0.2) is 4.98 Å². The third-order valence-electron chi connectivity index (χ3n) is 0.732. The highest BCUT2D eigenvalue weighted by Gasteiger charge is 1.90. The first kappa shape index (κ1) is 6.77. The zero-order valence-electron chi connectivity index (χ0n) is 4.67. The van der Waals surface area contributed by atoms with E-state index in [1.807, 2.05) is 0 Å². The van der Waals surface area contributed by atoms with Crippen molar-refractivity contribution in [1.29, 1.82) is 0 Å². The summed E-state index contributed by atoms with van der Waals surface area (Å²) in [4.78, 5) is 3.89. The van der Waals surface area contributed by atoms with E-state index in [1.54, 1.807) is 0 Å². The molecule has 0 fully saturated rings. The average Bonchev–Trinajstić information content (AvgIpc) is 2.34. The van der Waals surface area contributed by atoms with E-state index in [4.69, 9.17) is 11.6 Å². The summed E-state index contributed by atoms with van der Waals surface area (Å²) in [6.45, 7) is 0.747. The monoisotopic (exact) mass is 163 g/mol. The van der Waals surface area contributed by atoms with Crippen LogP contribution in [0.3, 0.4) is 0 Å². The molecule has 0 aromatic carbocycles. The lowest BCUT2D eigenvalue weighted by Gasteiger charge is -1.93. The fraction of sp³-hybridized carbons (Fsp3) is 0.500. The molecule has 0 aliphatic rings. The topological polar surface area (TPSA) is 37.8 Å². The van der Waals surface area contributed by atoms with Gasteiger partial charge in [-0.3, -0.25) is 0 Å². The van der Waals surface area contributed by atoms with Gasteiger partial charge >= 0.3 is 0 Å². The Labute approximate surface area is 62.2 Å². The van der Waals surface area contributed by atoms with Crippen LogP contribution in [0.5, 0.6) is 0 Å². The highest BCUT2D eigenvalue weighted by molar-refractivity contribution is 7.09. The number of hydrogen-bond acceptors (Lipinski definition) is 4. The van der Waals surface area contributed by atoms with Gasteiger partial charge in [-0.15, -0.1) is 11.6 Å². The Kier molecular flexibility index (Phi) is 2.73. The van der Waals surface area contributed by atoms with Gasteiger partial charge in [-0.2, -0.15) is 4.37 Å². The SMILES string of the molecule is ClCCNc1ncns1. The molecule has 0 aliphatic heterocycles. The van der Waals surface area contributed by atoms with E-state index in [2.05, 4.69) is 14.7 Å². The standard InChI is InChI=1S/C4H6ClN3S/c5-1-2-6-4-7-3-8-9-4/h3H,1-2H2,(H,6,7,8). The Balaban J connectivity index is 2.30. The maximum absolute atomic E-state index is 5.41. The van der Waals surface area contributed by atoms with Gasteiger partial charge in [0.2, 0.25) is 5.13 Å². The molecule has 50 valence electrons. The summed E-state index contributed by atoms with van der Waals surface area (Å²) in [5.74, 6) is 0.597. The second kappa shape index (κ2) is 3.63. The second-order valence-electron chi connectivity index (χ2n) is 1.36. The highest BCUT2D eigenvalue weighted by Crippen LogP contribution is 2.04. The molecular weight excluding hydrogens is 158 g/mol. The highest BCUT2D eigenvalue weighted by atomic mass is 35.5. The predicted molar refractivity (Wildman–Crippen MR) is 39.1 cm³/mol. The number of nitrogens with zero attached hydrogens (tertiary/aromatic N) is 2. The van der Waals surface area contributed by atoms with Crippen molar-refractivity contribution in [3.63, 3.8) is 0 Å². The molecule has 0 bridgehead atoms. The Morgan fingerprint density at radius 1 is 1.78 bits per heavy atom. The van der Waals surface area contributed by atoms with E-state index in [0.717, 1.165) is 11.7 Å². The van der Waals surface area contributed by atoms with Crippen LogP contribution < -0.4 is 5.32 Å². The van der Waals surface area contributed by atoms with Crippen LogP contribution in [-0.4, -0.2) is 21.8 Å². The number of anilines is 1. The zero-order chi connectivity index (χ0) is 6.53. The molecule has 5 heteroatoms. The minimum Gasteiger partial charge on any atom is -0.359 e. The third kappa shape index (κ3) is 2.15. The number of hydrogen-bond donors (Lipinski definition) is 1. The first-order chi connectivity index (χ1) is 4.43. The fourth-order valence-corrected chi connectivity index (χ4v) is 0.955. The van der Waals surface area contributed by atoms with Crippen LogP contribution in [0.15, 0.2) is 6.33 Å². The molecule has 1 rings (SSSR count). The number of halogens is 1. The van der Waals surface area contributed by atoms with Crippen molar-refractivity contribution in [3.8, 4) is 0 Å². The summed E-state index contributed by atoms with van der Waals surface area (Å²) in [7, 11) is 0. The molecule has 0 radical (unpaired) electrons. The average molecular weight is 164 g/mol. The maximum Gasteiger partial charge on any atom is 0.202 e. The van der Waals surface area contributed by atoms with Gasteiger partial charge in [0, 0.05) is 24.0 Å². The summed E-state index contributed by atoms with van der Waals surface area (Å²) >= 11 is 6.74. The Morgan fingerprint density at radius 2 is 2.67 bits per heavy atom. The van der Waals surface area contributed by atoms with E-state index in [9.17, 15) is 0 Å². The quantitative estimate of drug-likeness (QED) is 0.681. The molecule has 3 nitrogen and oxygen atoms in total. The molecule has 0 unspecified atom stereocenters. The number of nitrogens with one attached hydrogen (secondary N) is 1. The molecule has 9 heavy (non-hydrogen) atoms. The van der Waals surface area contributed by atoms with E-state index >= 15 is 0 Å². The maximum atomic E-state index is 5.41. The molecule has 1 heterocycles. The lowest BCUT2D eigenvalue weighted by Crippen LogP contribution is -2.00. The van der Waals surface area contributed by atoms with Gasteiger partial charge in [-0.05, 0) is 0 Å². The fourth-order valence-electron chi connectivity index (χ4n) is 0.405. The van der Waals surface area contributed by atoms with Crippen molar-refractivity contribution >= 4 is 28.3 Å². The summed E-state index contributed by atoms with van der Waals surface area (Å²) in [6, 6.07) is 0. The van der Waals surface area contributed by atoms with Gasteiger partial charge in [0.1, 0.15) is 6.33 Å². The second-order valence-corrected chi connectivity index (χ2v) is 2.52. The molecule has 1 N–H and O–H groups in total. The Hall–Kier alpha value is -0.350. The molecule has 0 atom stereocenters. The summed E-state index contributed by atoms with van der Waals surface area (Å²) in [5.41, 5.74) is 0. The van der Waals surface area contributed by atoms with E-state index in [-0.39, 0.29) is 0 Å². The van der Waals surface area contributed by atoms with Crippen molar-refractivity contribution in [2.75, 3.05) is 17.7 Å². The third-order valence-corrected chi connectivity index (χ3v) is 1.54. The molecule has 0 saturated carbocycles. The number of alkyl halides is 1. The van der Waals surface area contributed by atoms with Crippen LogP contribution in [0.4, 0.5) is 5.13 Å². The van der Waals surface area contributed by atoms with Gasteiger partial charge in [0.15, 0.2) is 0 Å². The largest absolute Gasteiger partial charge is 0.359 e. The molecule has 0 spiro atoms. The van der Waals surface area contributed by atoms with Crippen molar-refractivity contribution in [2.24, 2.45) is 0 Å². The molecule has 0 saturated heterocycles. The van der Waals surface area contributed by atoms with Crippen LogP contribution in [0.2, 0.25) is 0 Å². The van der Waals surface area contributed by atoms with E-state index in [0.29, 0.717) is 5.88 Å². The predicted octanol–water partition coefficient (Wildman–Crippen LogP) is 1.19. The van der Waals surface area contributed by atoms with Gasteiger partial charge in [0.05, 0.1) is 0 Å². The van der Waals surface area contributed by atoms with Crippen LogP contribution in [0.1, 0.15) is 0 Å². The minimum absolute atomic E-state index is 0.597. The van der Waals surface area contributed by atoms with Gasteiger partial charge in [0.25, 0.3) is 0 Å². The molecular formula is C4H6ClN3S. The van der Waals surface area contributed by atoms with Crippen LogP contribution >= 0.6 is 23.1 Å². The first-order valence-electron chi connectivity index (χ1n) is 2.50. The van der Waals surface area contributed by atoms with Crippen molar-refractivity contribution in [3.05, 3.63) is 6.33 Å². The van der Waals surface area contributed by atoms with Crippen molar-refractivity contribution < 1.29 is 0 Å². The summed E-state index contributed by atoms with van der Waals surface area (Å²) in [5, 5.41) is 3.82. The summed E-state index contributed by atoms with van der Waals surface area (Å²) < 4.78 is 3.80. The van der Waals surface area contributed by atoms with Gasteiger partial charge < -0.3 is 5.32 Å². The van der Waals surface area contributed by atoms with Crippen LogP contribution in [0.25, 0.3) is 0 Å². The van der Waals surface area contributed by atoms with E-state index in [1.165, 1.54) is 17.9 Å². The molecule has 0 amide bonds. The Bertz CT molecular complexity index is 153. The first-order valence-corrected chi connectivity index (χ1v) is 3.81. The van der Waals surface area contributed by atoms with Crippen molar-refractivity contribution in [1.82, 2.24) is 9.36 Å². The lowest BCUT2D eigenvalue weighted by atomic mass is 10.7. The minimum atomic E-state index is 0.597. The number of aromatic nitrogens is 2. The van der Waals surface area contributed by atoms with Crippen LogP contribution in [0, 0.1) is 0 Å². The van der Waals surface area contributed by atoms with Gasteiger partial charge in [-0.1, -0.05) is 0 Å². The molecule has 1 aromatic heterocycles. The smallest absolute Gasteiger partial charge is 0.202 e. The summed E-state index contributed by atoms with van der Waals surface area (Å²) in [6.07, 6.45) is 1.52. The van der Waals surface area contributed by atoms with E-state index < -0.39 is 0 Å².